The minimum absolute atomic E-state index is 0.347. The topological polar surface area (TPSA) is 40.5 Å². The average molecular weight is 373 g/mol. The van der Waals surface area contributed by atoms with Crippen LogP contribution in [-0.2, 0) is 11.3 Å². The molecule has 114 valence electrons. The molecule has 3 unspecified atom stereocenters. The number of benzene rings is 1. The first-order valence-corrected chi connectivity index (χ1v) is 8.66. The van der Waals surface area contributed by atoms with E-state index in [4.69, 9.17) is 11.6 Å². The maximum Gasteiger partial charge on any atom is 0.320 e. The third-order valence-corrected chi connectivity index (χ3v) is 6.09. The first-order valence-electron chi connectivity index (χ1n) is 7.48. The largest absolute Gasteiger partial charge is 0.480 e. The summed E-state index contributed by atoms with van der Waals surface area (Å²) in [6.45, 7) is 0.672. The lowest BCUT2D eigenvalue weighted by Crippen LogP contribution is -2.41. The third kappa shape index (κ3) is 3.13. The summed E-state index contributed by atoms with van der Waals surface area (Å²) in [7, 11) is 0. The van der Waals surface area contributed by atoms with Crippen LogP contribution >= 0.6 is 27.5 Å². The summed E-state index contributed by atoms with van der Waals surface area (Å²) in [6, 6.07) is 5.95. The smallest absolute Gasteiger partial charge is 0.320 e. The van der Waals surface area contributed by atoms with Crippen LogP contribution in [0.25, 0.3) is 0 Å². The van der Waals surface area contributed by atoms with Crippen LogP contribution in [0.4, 0.5) is 0 Å². The third-order valence-electron chi connectivity index (χ3n) is 4.86. The number of rotatable bonds is 3. The number of carboxylic acids is 1. The van der Waals surface area contributed by atoms with Crippen molar-refractivity contribution in [3.63, 3.8) is 0 Å². The molecule has 2 fully saturated rings. The molecule has 1 heterocycles. The highest BCUT2D eigenvalue weighted by Crippen LogP contribution is 2.40. The predicted octanol–water partition coefficient (Wildman–Crippen LogP) is 4.32. The summed E-state index contributed by atoms with van der Waals surface area (Å²) in [4.78, 5) is 13.8. The predicted molar refractivity (Wildman–Crippen MR) is 86.5 cm³/mol. The zero-order valence-electron chi connectivity index (χ0n) is 11.8. The normalized spacial score (nSPS) is 29.3. The summed E-state index contributed by atoms with van der Waals surface area (Å²) in [5.74, 6) is -0.140. The second-order valence-corrected chi connectivity index (χ2v) is 7.38. The first-order chi connectivity index (χ1) is 10.1. The number of carbonyl (C=O) groups is 1. The van der Waals surface area contributed by atoms with E-state index in [1.54, 1.807) is 0 Å². The van der Waals surface area contributed by atoms with Crippen LogP contribution in [0, 0.1) is 5.92 Å². The van der Waals surface area contributed by atoms with Crippen molar-refractivity contribution in [3.05, 3.63) is 33.3 Å². The Morgan fingerprint density at radius 1 is 1.38 bits per heavy atom. The zero-order valence-corrected chi connectivity index (χ0v) is 14.1. The van der Waals surface area contributed by atoms with Crippen molar-refractivity contribution < 1.29 is 9.90 Å². The van der Waals surface area contributed by atoms with Gasteiger partial charge in [0.2, 0.25) is 0 Å². The van der Waals surface area contributed by atoms with E-state index in [2.05, 4.69) is 20.8 Å². The Balaban J connectivity index is 1.82. The quantitative estimate of drug-likeness (QED) is 0.859. The average Bonchev–Trinajstić information content (AvgIpc) is 2.82. The van der Waals surface area contributed by atoms with E-state index in [0.29, 0.717) is 23.5 Å². The van der Waals surface area contributed by atoms with E-state index in [9.17, 15) is 9.90 Å². The number of nitrogens with zero attached hydrogens (tertiary/aromatic N) is 1. The maximum absolute atomic E-state index is 11.6. The van der Waals surface area contributed by atoms with Crippen LogP contribution in [-0.4, -0.2) is 28.1 Å². The maximum atomic E-state index is 11.6. The van der Waals surface area contributed by atoms with Gasteiger partial charge in [0.1, 0.15) is 6.04 Å². The molecule has 3 nitrogen and oxygen atoms in total. The number of halogens is 2. The highest BCUT2D eigenvalue weighted by molar-refractivity contribution is 9.10. The van der Waals surface area contributed by atoms with E-state index in [1.165, 1.54) is 19.3 Å². The minimum atomic E-state index is -0.687. The Labute approximate surface area is 138 Å². The molecule has 21 heavy (non-hydrogen) atoms. The van der Waals surface area contributed by atoms with Crippen LogP contribution < -0.4 is 0 Å². The van der Waals surface area contributed by atoms with Crippen molar-refractivity contribution >= 4 is 33.5 Å². The van der Waals surface area contributed by atoms with Gasteiger partial charge in [-0.25, -0.2) is 0 Å². The number of likely N-dealkylation sites (tertiary alicyclic amines) is 1. The van der Waals surface area contributed by atoms with E-state index in [-0.39, 0.29) is 6.04 Å². The standard InChI is InChI=1S/C16H19BrClNO2/c17-12-6-5-10(7-13(12)18)9-19-14-4-2-1-3-11(14)8-15(19)16(20)21/h5-7,11,14-15H,1-4,8-9H2,(H,20,21). The molecule has 1 aliphatic heterocycles. The molecule has 0 spiro atoms. The van der Waals surface area contributed by atoms with Gasteiger partial charge in [-0.3, -0.25) is 9.69 Å². The van der Waals surface area contributed by atoms with Gasteiger partial charge in [-0.15, -0.1) is 0 Å². The molecule has 0 radical (unpaired) electrons. The molecule has 3 rings (SSSR count). The lowest BCUT2D eigenvalue weighted by Gasteiger charge is -2.33. The van der Waals surface area contributed by atoms with E-state index in [1.807, 2.05) is 18.2 Å². The van der Waals surface area contributed by atoms with E-state index in [0.717, 1.165) is 22.9 Å². The Hall–Kier alpha value is -0.580. The van der Waals surface area contributed by atoms with Gasteiger partial charge in [0.25, 0.3) is 0 Å². The lowest BCUT2D eigenvalue weighted by atomic mass is 9.84. The van der Waals surface area contributed by atoms with Gasteiger partial charge in [0, 0.05) is 17.1 Å². The van der Waals surface area contributed by atoms with Gasteiger partial charge in [0.15, 0.2) is 0 Å². The number of aliphatic carboxylic acids is 1. The molecule has 5 heteroatoms. The van der Waals surface area contributed by atoms with Crippen LogP contribution in [0.3, 0.4) is 0 Å². The molecule has 0 aromatic heterocycles. The molecule has 1 N–H and O–H groups in total. The van der Waals surface area contributed by atoms with Crippen molar-refractivity contribution in [3.8, 4) is 0 Å². The summed E-state index contributed by atoms with van der Waals surface area (Å²) in [5.41, 5.74) is 1.08. The highest BCUT2D eigenvalue weighted by Gasteiger charge is 2.44. The van der Waals surface area contributed by atoms with Crippen LogP contribution in [0.15, 0.2) is 22.7 Å². The minimum Gasteiger partial charge on any atom is -0.480 e. The Morgan fingerprint density at radius 2 is 2.14 bits per heavy atom. The first kappa shape index (κ1) is 15.3. The van der Waals surface area contributed by atoms with Gasteiger partial charge >= 0.3 is 5.97 Å². The molecule has 1 aromatic carbocycles. The Kier molecular flexibility index (Phi) is 4.57. The zero-order chi connectivity index (χ0) is 15.0. The summed E-state index contributed by atoms with van der Waals surface area (Å²) in [5, 5.41) is 10.2. The van der Waals surface area contributed by atoms with E-state index >= 15 is 0 Å². The second-order valence-electron chi connectivity index (χ2n) is 6.12. The van der Waals surface area contributed by atoms with Crippen molar-refractivity contribution in [2.45, 2.75) is 50.7 Å². The van der Waals surface area contributed by atoms with Crippen molar-refractivity contribution in [2.75, 3.05) is 0 Å². The van der Waals surface area contributed by atoms with Gasteiger partial charge in [-0.2, -0.15) is 0 Å². The molecular formula is C16H19BrClNO2. The molecule has 1 aromatic rings. The molecule has 1 aliphatic carbocycles. The molecule has 3 atom stereocenters. The number of fused-ring (bicyclic) bond motifs is 1. The summed E-state index contributed by atoms with van der Waals surface area (Å²) in [6.07, 6.45) is 5.55. The molecule has 1 saturated heterocycles. The molecule has 0 bridgehead atoms. The van der Waals surface area contributed by atoms with Crippen molar-refractivity contribution in [1.82, 2.24) is 4.90 Å². The SMILES string of the molecule is O=C(O)C1CC2CCCCC2N1Cc1ccc(Br)c(Cl)c1. The fraction of sp³-hybridized carbons (Fsp3) is 0.562. The van der Waals surface area contributed by atoms with E-state index < -0.39 is 5.97 Å². The van der Waals surface area contributed by atoms with Gasteiger partial charge in [-0.05, 0) is 58.8 Å². The van der Waals surface area contributed by atoms with Crippen molar-refractivity contribution in [1.29, 1.82) is 0 Å². The van der Waals surface area contributed by atoms with Gasteiger partial charge in [0.05, 0.1) is 5.02 Å². The molecule has 0 amide bonds. The fourth-order valence-electron chi connectivity index (χ4n) is 3.87. The van der Waals surface area contributed by atoms with Crippen LogP contribution in [0.1, 0.15) is 37.7 Å². The van der Waals surface area contributed by atoms with Gasteiger partial charge < -0.3 is 5.11 Å². The number of carboxylic acid groups (broad SMARTS) is 1. The van der Waals surface area contributed by atoms with Gasteiger partial charge in [-0.1, -0.05) is 30.5 Å². The Morgan fingerprint density at radius 3 is 2.86 bits per heavy atom. The molecule has 1 saturated carbocycles. The lowest BCUT2D eigenvalue weighted by molar-refractivity contribution is -0.142. The highest BCUT2D eigenvalue weighted by atomic mass is 79.9. The number of hydrogen-bond acceptors (Lipinski definition) is 2. The van der Waals surface area contributed by atoms with Crippen LogP contribution in [0.5, 0.6) is 0 Å². The summed E-state index contributed by atoms with van der Waals surface area (Å²) < 4.78 is 0.875. The number of hydrogen-bond donors (Lipinski definition) is 1. The van der Waals surface area contributed by atoms with Crippen molar-refractivity contribution in [2.24, 2.45) is 5.92 Å². The molecular weight excluding hydrogens is 354 g/mol. The molecule has 2 aliphatic rings. The Bertz CT molecular complexity index is 551. The monoisotopic (exact) mass is 371 g/mol. The summed E-state index contributed by atoms with van der Waals surface area (Å²) >= 11 is 9.55. The fourth-order valence-corrected chi connectivity index (χ4v) is 4.32. The second kappa shape index (κ2) is 6.27. The van der Waals surface area contributed by atoms with Crippen LogP contribution in [0.2, 0.25) is 5.02 Å².